The van der Waals surface area contributed by atoms with Crippen LogP contribution in [-0.2, 0) is 16.6 Å². The van der Waals surface area contributed by atoms with Gasteiger partial charge in [-0.25, -0.2) is 0 Å². The Kier molecular flexibility index (Phi) is 5.84. The van der Waals surface area contributed by atoms with Gasteiger partial charge in [0.2, 0.25) is 5.91 Å². The van der Waals surface area contributed by atoms with Gasteiger partial charge in [-0.2, -0.15) is 5.10 Å². The van der Waals surface area contributed by atoms with E-state index in [1.807, 2.05) is 27.0 Å². The van der Waals surface area contributed by atoms with E-state index in [1.165, 1.54) is 0 Å². The topological polar surface area (TPSA) is 56.1 Å². The first-order valence-corrected chi connectivity index (χ1v) is 8.72. The zero-order valence-corrected chi connectivity index (χ0v) is 15.2. The molecule has 130 valence electrons. The molecule has 1 N–H and O–H groups in total. The third-order valence-electron chi connectivity index (χ3n) is 4.86. The quantitative estimate of drug-likeness (QED) is 0.869. The smallest absolute Gasteiger partial charge is 0.231 e. The lowest BCUT2D eigenvalue weighted by Crippen LogP contribution is -2.32. The van der Waals surface area contributed by atoms with E-state index in [4.69, 9.17) is 4.74 Å². The molecule has 0 aromatic carbocycles. The predicted molar refractivity (Wildman–Crippen MR) is 92.5 cm³/mol. The number of amides is 1. The van der Waals surface area contributed by atoms with E-state index in [1.54, 1.807) is 4.68 Å². The highest BCUT2D eigenvalue weighted by Gasteiger charge is 2.29. The van der Waals surface area contributed by atoms with Gasteiger partial charge >= 0.3 is 0 Å². The first-order chi connectivity index (χ1) is 10.8. The number of rotatable bonds is 6. The van der Waals surface area contributed by atoms with Crippen LogP contribution in [-0.4, -0.2) is 28.9 Å². The number of nitrogens with one attached hydrogen (secondary N) is 1. The van der Waals surface area contributed by atoms with Crippen LogP contribution in [0.5, 0.6) is 0 Å². The Labute approximate surface area is 139 Å². The van der Waals surface area contributed by atoms with Crippen LogP contribution in [0.2, 0.25) is 0 Å². The summed E-state index contributed by atoms with van der Waals surface area (Å²) in [5, 5.41) is 7.50. The molecule has 1 fully saturated rings. The van der Waals surface area contributed by atoms with Crippen molar-refractivity contribution < 1.29 is 9.53 Å². The molecule has 1 amide bonds. The summed E-state index contributed by atoms with van der Waals surface area (Å²) in [5.74, 6) is 1.90. The summed E-state index contributed by atoms with van der Waals surface area (Å²) in [4.78, 5) is 12.7. The van der Waals surface area contributed by atoms with Crippen molar-refractivity contribution in [3.05, 3.63) is 11.8 Å². The van der Waals surface area contributed by atoms with Crippen LogP contribution in [0, 0.1) is 11.3 Å². The Balaban J connectivity index is 1.92. The van der Waals surface area contributed by atoms with Crippen molar-refractivity contribution in [1.29, 1.82) is 0 Å². The van der Waals surface area contributed by atoms with Crippen molar-refractivity contribution in [3.8, 4) is 0 Å². The molecule has 0 bridgehead atoms. The van der Waals surface area contributed by atoms with E-state index in [0.717, 1.165) is 50.4 Å². The maximum atomic E-state index is 12.7. The molecule has 0 spiro atoms. The molecule has 1 aliphatic heterocycles. The Morgan fingerprint density at radius 3 is 2.65 bits per heavy atom. The lowest BCUT2D eigenvalue weighted by atomic mass is 9.82. The summed E-state index contributed by atoms with van der Waals surface area (Å²) < 4.78 is 7.16. The van der Waals surface area contributed by atoms with E-state index in [0.29, 0.717) is 11.8 Å². The summed E-state index contributed by atoms with van der Waals surface area (Å²) in [6.07, 6.45) is 4.24. The van der Waals surface area contributed by atoms with Crippen molar-refractivity contribution in [2.24, 2.45) is 18.4 Å². The molecular weight excluding hydrogens is 290 g/mol. The number of carbonyl (C=O) groups is 1. The second-order valence-electron chi connectivity index (χ2n) is 7.67. The maximum absolute atomic E-state index is 12.7. The number of anilines is 1. The van der Waals surface area contributed by atoms with Gasteiger partial charge in [0.15, 0.2) is 0 Å². The molecule has 0 saturated carbocycles. The van der Waals surface area contributed by atoms with Crippen LogP contribution < -0.4 is 5.32 Å². The van der Waals surface area contributed by atoms with Gasteiger partial charge in [0.05, 0.1) is 5.69 Å². The molecule has 2 rings (SSSR count). The minimum Gasteiger partial charge on any atom is -0.381 e. The Morgan fingerprint density at radius 1 is 1.43 bits per heavy atom. The van der Waals surface area contributed by atoms with Gasteiger partial charge in [0.25, 0.3) is 0 Å². The lowest BCUT2D eigenvalue weighted by Gasteiger charge is -2.28. The third-order valence-corrected chi connectivity index (χ3v) is 4.86. The average Bonchev–Trinajstić information content (AvgIpc) is 2.88. The highest BCUT2D eigenvalue weighted by atomic mass is 16.5. The predicted octanol–water partition coefficient (Wildman–Crippen LogP) is 3.72. The first kappa shape index (κ1) is 18.0. The summed E-state index contributed by atoms with van der Waals surface area (Å²) in [6, 6.07) is 1.97. The van der Waals surface area contributed by atoms with Gasteiger partial charge in [0, 0.05) is 31.7 Å². The molecule has 0 unspecified atom stereocenters. The van der Waals surface area contributed by atoms with Crippen LogP contribution >= 0.6 is 0 Å². The van der Waals surface area contributed by atoms with Crippen molar-refractivity contribution in [2.45, 2.75) is 59.3 Å². The number of carbonyl (C=O) groups excluding carboxylic acids is 1. The highest BCUT2D eigenvalue weighted by Crippen LogP contribution is 2.30. The largest absolute Gasteiger partial charge is 0.381 e. The van der Waals surface area contributed by atoms with E-state index in [2.05, 4.69) is 24.3 Å². The maximum Gasteiger partial charge on any atom is 0.231 e. The van der Waals surface area contributed by atoms with Crippen LogP contribution in [0.15, 0.2) is 6.07 Å². The second kappa shape index (κ2) is 7.47. The van der Waals surface area contributed by atoms with E-state index in [-0.39, 0.29) is 11.3 Å². The van der Waals surface area contributed by atoms with Crippen molar-refractivity contribution in [2.75, 3.05) is 18.5 Å². The van der Waals surface area contributed by atoms with Crippen LogP contribution in [0.1, 0.15) is 65.0 Å². The molecule has 1 aromatic heterocycles. The van der Waals surface area contributed by atoms with E-state index >= 15 is 0 Å². The SMILES string of the molecule is CC(C)c1cc(NC(=O)C(C)(C)CCC2CCOCC2)n(C)n1. The van der Waals surface area contributed by atoms with Gasteiger partial charge in [-0.1, -0.05) is 27.7 Å². The minimum atomic E-state index is -0.374. The molecule has 5 heteroatoms. The van der Waals surface area contributed by atoms with Crippen LogP contribution in [0.25, 0.3) is 0 Å². The summed E-state index contributed by atoms with van der Waals surface area (Å²) in [6.45, 7) is 9.99. The normalized spacial score (nSPS) is 16.8. The van der Waals surface area contributed by atoms with Crippen molar-refractivity contribution >= 4 is 11.7 Å². The fraction of sp³-hybridized carbons (Fsp3) is 0.778. The fourth-order valence-corrected chi connectivity index (χ4v) is 2.89. The van der Waals surface area contributed by atoms with Gasteiger partial charge < -0.3 is 10.1 Å². The standard InChI is InChI=1S/C18H31N3O2/c1-13(2)15-12-16(21(5)20-15)19-17(22)18(3,4)9-6-14-7-10-23-11-8-14/h12-14H,6-11H2,1-5H3,(H,19,22). The van der Waals surface area contributed by atoms with Gasteiger partial charge in [0.1, 0.15) is 5.82 Å². The number of aryl methyl sites for hydroxylation is 1. The zero-order valence-electron chi connectivity index (χ0n) is 15.2. The highest BCUT2D eigenvalue weighted by molar-refractivity contribution is 5.94. The summed E-state index contributed by atoms with van der Waals surface area (Å²) in [7, 11) is 1.87. The van der Waals surface area contributed by atoms with Gasteiger partial charge in [-0.15, -0.1) is 0 Å². The van der Waals surface area contributed by atoms with Crippen LogP contribution in [0.3, 0.4) is 0 Å². The van der Waals surface area contributed by atoms with Crippen molar-refractivity contribution in [3.63, 3.8) is 0 Å². The molecular formula is C18H31N3O2. The zero-order chi connectivity index (χ0) is 17.0. The molecule has 1 aromatic rings. The van der Waals surface area contributed by atoms with Gasteiger partial charge in [-0.05, 0) is 37.5 Å². The Hall–Kier alpha value is -1.36. The third kappa shape index (κ3) is 4.80. The molecule has 1 aliphatic rings. The monoisotopic (exact) mass is 321 g/mol. The van der Waals surface area contributed by atoms with E-state index < -0.39 is 0 Å². The Morgan fingerprint density at radius 2 is 2.09 bits per heavy atom. The van der Waals surface area contributed by atoms with E-state index in [9.17, 15) is 4.79 Å². The number of aromatic nitrogens is 2. The number of nitrogens with zero attached hydrogens (tertiary/aromatic N) is 2. The minimum absolute atomic E-state index is 0.0721. The molecule has 2 heterocycles. The number of hydrogen-bond donors (Lipinski definition) is 1. The van der Waals surface area contributed by atoms with Crippen LogP contribution in [0.4, 0.5) is 5.82 Å². The second-order valence-corrected chi connectivity index (χ2v) is 7.67. The lowest BCUT2D eigenvalue weighted by molar-refractivity contribution is -0.124. The summed E-state index contributed by atoms with van der Waals surface area (Å²) in [5.41, 5.74) is 0.628. The molecule has 0 atom stereocenters. The molecule has 5 nitrogen and oxygen atoms in total. The number of ether oxygens (including phenoxy) is 1. The molecule has 0 aliphatic carbocycles. The fourth-order valence-electron chi connectivity index (χ4n) is 2.89. The number of hydrogen-bond acceptors (Lipinski definition) is 3. The van der Waals surface area contributed by atoms with Gasteiger partial charge in [-0.3, -0.25) is 9.48 Å². The molecule has 1 saturated heterocycles. The molecule has 0 radical (unpaired) electrons. The average molecular weight is 321 g/mol. The molecule has 23 heavy (non-hydrogen) atoms. The first-order valence-electron chi connectivity index (χ1n) is 8.72. The Bertz CT molecular complexity index is 528. The van der Waals surface area contributed by atoms with Crippen molar-refractivity contribution in [1.82, 2.24) is 9.78 Å². The summed E-state index contributed by atoms with van der Waals surface area (Å²) >= 11 is 0.